The summed E-state index contributed by atoms with van der Waals surface area (Å²) in [6.45, 7) is 11.8. The van der Waals surface area contributed by atoms with Gasteiger partial charge >= 0.3 is 0 Å². The first-order valence-electron chi connectivity index (χ1n) is 23.3. The molecule has 2 fully saturated rings. The minimum Gasteiger partial charge on any atom is -0.474 e. The van der Waals surface area contributed by atoms with Crippen molar-refractivity contribution in [3.05, 3.63) is 134 Å². The largest absolute Gasteiger partial charge is 0.474 e. The Balaban J connectivity index is 0.725. The van der Waals surface area contributed by atoms with Crippen molar-refractivity contribution >= 4 is 57.7 Å². The van der Waals surface area contributed by atoms with Crippen molar-refractivity contribution in [2.75, 3.05) is 6.54 Å². The van der Waals surface area contributed by atoms with Crippen LogP contribution in [0.1, 0.15) is 102 Å². The van der Waals surface area contributed by atoms with Gasteiger partial charge in [-0.3, -0.25) is 28.6 Å². The van der Waals surface area contributed by atoms with Gasteiger partial charge in [0.25, 0.3) is 0 Å². The van der Waals surface area contributed by atoms with E-state index in [1.807, 2.05) is 85.4 Å². The molecule has 0 unspecified atom stereocenters. The van der Waals surface area contributed by atoms with Crippen molar-refractivity contribution < 1.29 is 24.2 Å². The number of thiophene rings is 1. The molecule has 19 heteroatoms. The summed E-state index contributed by atoms with van der Waals surface area (Å²) < 4.78 is 9.79. The second-order valence-corrected chi connectivity index (χ2v) is 20.9. The van der Waals surface area contributed by atoms with E-state index in [0.29, 0.717) is 29.6 Å². The number of aliphatic hydroxyl groups is 1. The number of carbonyl (C=O) groups is 3. The van der Waals surface area contributed by atoms with Gasteiger partial charge in [-0.1, -0.05) is 48.0 Å². The number of aliphatic imine (C=N–C) groups is 1. The van der Waals surface area contributed by atoms with Gasteiger partial charge < -0.3 is 25.4 Å². The van der Waals surface area contributed by atoms with E-state index in [4.69, 9.17) is 21.3 Å². The number of hydrogen-bond acceptors (Lipinski definition) is 13. The highest BCUT2D eigenvalue weighted by atomic mass is 35.5. The number of hydrogen-bond donors (Lipinski definition) is 3. The number of β-amino-alcohol motifs (C(OH)–C–C–N with tert-alkyl or cyclic N) is 1. The fraction of sp³-hybridized carbons (Fsp3) is 0.353. The van der Waals surface area contributed by atoms with E-state index in [0.717, 1.165) is 66.1 Å². The third-order valence-corrected chi connectivity index (χ3v) is 16.0. The highest BCUT2D eigenvalue weighted by molar-refractivity contribution is 7.15. The number of likely N-dealkylation sites (tertiary alicyclic amines) is 1. The minimum atomic E-state index is -0.825. The van der Waals surface area contributed by atoms with Crippen molar-refractivity contribution in [1.82, 2.24) is 50.0 Å². The van der Waals surface area contributed by atoms with Gasteiger partial charge in [-0.05, 0) is 76.4 Å². The number of amides is 3. The molecule has 5 atom stereocenters. The summed E-state index contributed by atoms with van der Waals surface area (Å²) in [5.74, 6) is 1.05. The highest BCUT2D eigenvalue weighted by Crippen LogP contribution is 2.40. The number of fused-ring (bicyclic) bond motifs is 3. The predicted molar refractivity (Wildman–Crippen MR) is 269 cm³/mol. The zero-order valence-electron chi connectivity index (χ0n) is 39.5. The third kappa shape index (κ3) is 9.28. The number of nitrogens with zero attached hydrogens (tertiary/aromatic N) is 9. The molecular formula is C51H52ClN11O5S2. The van der Waals surface area contributed by atoms with Crippen LogP contribution in [0.5, 0.6) is 5.88 Å². The number of thiazole rings is 1. The minimum absolute atomic E-state index is 0.0509. The van der Waals surface area contributed by atoms with Crippen LogP contribution in [0.4, 0.5) is 0 Å². The van der Waals surface area contributed by atoms with Crippen molar-refractivity contribution in [2.24, 2.45) is 4.99 Å². The maximum atomic E-state index is 13.9. The zero-order valence-corrected chi connectivity index (χ0v) is 41.8. The van der Waals surface area contributed by atoms with Crippen molar-refractivity contribution in [2.45, 2.75) is 110 Å². The third-order valence-electron chi connectivity index (χ3n) is 13.6. The smallest absolute Gasteiger partial charge is 0.247 e. The summed E-state index contributed by atoms with van der Waals surface area (Å²) in [7, 11) is 0. The molecule has 3 amide bonds. The molecule has 5 aromatic heterocycles. The number of aryl methyl sites for hydroxylation is 3. The molecule has 7 aromatic rings. The molecule has 0 radical (unpaired) electrons. The molecule has 1 saturated heterocycles. The normalized spacial score (nSPS) is 20.4. The van der Waals surface area contributed by atoms with Crippen LogP contribution in [0.25, 0.3) is 26.6 Å². The number of benzene rings is 2. The number of rotatable bonds is 13. The number of ether oxygens (including phenoxy) is 1. The average Bonchev–Trinajstić information content (AvgIpc) is 4.19. The Morgan fingerprint density at radius 2 is 1.64 bits per heavy atom. The number of pyridine rings is 1. The Morgan fingerprint density at radius 3 is 2.36 bits per heavy atom. The lowest BCUT2D eigenvalue weighted by molar-refractivity contribution is -0.141. The number of halogens is 1. The summed E-state index contributed by atoms with van der Waals surface area (Å²) in [5.41, 5.74) is 10.2. The van der Waals surface area contributed by atoms with Gasteiger partial charge in [0.1, 0.15) is 35.1 Å². The molecule has 1 aliphatic carbocycles. The van der Waals surface area contributed by atoms with E-state index < -0.39 is 24.2 Å². The molecule has 2 aromatic carbocycles. The number of aromatic nitrogens is 7. The lowest BCUT2D eigenvalue weighted by Crippen LogP contribution is -2.49. The van der Waals surface area contributed by atoms with Crippen LogP contribution in [0.2, 0.25) is 5.02 Å². The maximum absolute atomic E-state index is 13.9. The molecule has 10 rings (SSSR count). The summed E-state index contributed by atoms with van der Waals surface area (Å²) >= 11 is 9.52. The topological polar surface area (TPSA) is 195 Å². The molecule has 0 bridgehead atoms. The number of nitrogens with one attached hydrogen (secondary N) is 2. The quantitative estimate of drug-likeness (QED) is 0.102. The Kier molecular flexibility index (Phi) is 13.0. The Morgan fingerprint density at radius 1 is 0.900 bits per heavy atom. The van der Waals surface area contributed by atoms with E-state index >= 15 is 0 Å². The number of aliphatic hydroxyl groups excluding tert-OH is 1. The van der Waals surface area contributed by atoms with Gasteiger partial charge in [0.15, 0.2) is 5.82 Å². The predicted octanol–water partition coefficient (Wildman–Crippen LogP) is 8.01. The molecule has 70 heavy (non-hydrogen) atoms. The first-order chi connectivity index (χ1) is 33.7. The average molecular weight is 999 g/mol. The molecule has 2 aliphatic heterocycles. The fourth-order valence-electron chi connectivity index (χ4n) is 9.42. The Labute approximate surface area is 417 Å². The van der Waals surface area contributed by atoms with E-state index in [9.17, 15) is 19.5 Å². The highest BCUT2D eigenvalue weighted by Gasteiger charge is 2.41. The van der Waals surface area contributed by atoms with Crippen LogP contribution in [-0.2, 0) is 14.4 Å². The van der Waals surface area contributed by atoms with E-state index in [1.165, 1.54) is 9.78 Å². The molecule has 0 spiro atoms. The maximum Gasteiger partial charge on any atom is 0.247 e. The molecule has 7 heterocycles. The summed E-state index contributed by atoms with van der Waals surface area (Å²) in [6, 6.07) is 16.8. The molecule has 1 saturated carbocycles. The summed E-state index contributed by atoms with van der Waals surface area (Å²) in [4.78, 5) is 59.1. The van der Waals surface area contributed by atoms with E-state index in [1.54, 1.807) is 58.9 Å². The standard InChI is InChI=1S/C51H52ClN11O5S2/c1-26-30(5)70-51-45(26)46(33-11-14-37(52)15-12-33)58-41(48-60-59-31(6)63(48)51)20-43(65)57-38-17-40(18-38)68-44-16-13-35(21-53-44)36-22-55-62(23-36)29(4)50(67)61-24-39(64)19-42(61)49(66)56-27(2)32-7-9-34(10-8-32)47-28(3)54-25-69-47/h7-16,21-23,25,27,29,38-42,64H,17-20,24H2,1-6H3,(H,56,66)(H,57,65)/t27-,29+,38-,39+,40-,41-,42-/m0/s1. The molecular weight excluding hydrogens is 946 g/mol. The SMILES string of the molecule is Cc1ncsc1-c1ccc([C@H](C)NC(=O)[C@@H]2C[C@@H](O)CN2C(=O)[C@@H](C)n2cc(-c3ccc(O[C@H]4C[C@H](NC(=O)C[C@@H]5N=C(c6ccc(Cl)cc6)c6c(sc(C)c6C)-n6c(C)nnc65)C4)nc3)cn2)cc1. The monoisotopic (exact) mass is 997 g/mol. The molecule has 16 nitrogen and oxygen atoms in total. The summed E-state index contributed by atoms with van der Waals surface area (Å²) in [5, 5.41) is 31.9. The van der Waals surface area contributed by atoms with Crippen molar-refractivity contribution in [1.29, 1.82) is 0 Å². The van der Waals surface area contributed by atoms with Gasteiger partial charge in [-0.25, -0.2) is 9.97 Å². The first-order valence-corrected chi connectivity index (χ1v) is 25.4. The van der Waals surface area contributed by atoms with Crippen LogP contribution in [-0.4, -0.2) is 98.8 Å². The van der Waals surface area contributed by atoms with Crippen LogP contribution in [0, 0.1) is 27.7 Å². The van der Waals surface area contributed by atoms with Gasteiger partial charge in [0.2, 0.25) is 23.6 Å². The van der Waals surface area contributed by atoms with Crippen LogP contribution in [0.15, 0.2) is 89.8 Å². The van der Waals surface area contributed by atoms with Gasteiger partial charge in [0.05, 0.1) is 46.6 Å². The zero-order chi connectivity index (χ0) is 49.0. The van der Waals surface area contributed by atoms with E-state index in [2.05, 4.69) is 49.7 Å². The first kappa shape index (κ1) is 47.1. The second-order valence-electron chi connectivity index (χ2n) is 18.4. The second kappa shape index (κ2) is 19.3. The molecule has 360 valence electrons. The lowest BCUT2D eigenvalue weighted by Gasteiger charge is -2.35. The van der Waals surface area contributed by atoms with Crippen LogP contribution >= 0.6 is 34.3 Å². The molecule has 3 N–H and O–H groups in total. The Bertz CT molecular complexity index is 3120. The van der Waals surface area contributed by atoms with Crippen molar-refractivity contribution in [3.8, 4) is 32.4 Å². The summed E-state index contributed by atoms with van der Waals surface area (Å²) in [6.07, 6.45) is 5.68. The molecule has 3 aliphatic rings. The van der Waals surface area contributed by atoms with E-state index in [-0.39, 0.29) is 55.3 Å². The fourth-order valence-corrected chi connectivity index (χ4v) is 11.6. The van der Waals surface area contributed by atoms with Crippen LogP contribution < -0.4 is 15.4 Å². The lowest BCUT2D eigenvalue weighted by atomic mass is 9.89. The van der Waals surface area contributed by atoms with Crippen LogP contribution in [0.3, 0.4) is 0 Å². The van der Waals surface area contributed by atoms with Gasteiger partial charge in [-0.15, -0.1) is 32.9 Å². The Hall–Kier alpha value is -6.60. The number of carbonyl (C=O) groups excluding carboxylic acids is 3. The van der Waals surface area contributed by atoms with Gasteiger partial charge in [0, 0.05) is 82.5 Å². The van der Waals surface area contributed by atoms with Crippen molar-refractivity contribution in [3.63, 3.8) is 0 Å². The van der Waals surface area contributed by atoms with Gasteiger partial charge in [-0.2, -0.15) is 5.10 Å².